The SMILES string of the molecule is COc1cccc(F)c1C1(C)COC(N)=N1. The Labute approximate surface area is 92.9 Å². The second kappa shape index (κ2) is 3.66. The highest BCUT2D eigenvalue weighted by atomic mass is 19.1. The number of nitrogens with two attached hydrogens (primary N) is 1. The number of nitrogens with zero attached hydrogens (tertiary/aromatic N) is 1. The van der Waals surface area contributed by atoms with E-state index in [-0.39, 0.29) is 18.4 Å². The molecule has 0 amide bonds. The Morgan fingerprint density at radius 1 is 1.56 bits per heavy atom. The van der Waals surface area contributed by atoms with Gasteiger partial charge in [-0.05, 0) is 19.1 Å². The summed E-state index contributed by atoms with van der Waals surface area (Å²) >= 11 is 0. The first kappa shape index (κ1) is 10.7. The Morgan fingerprint density at radius 2 is 2.31 bits per heavy atom. The van der Waals surface area contributed by atoms with Gasteiger partial charge in [-0.2, -0.15) is 0 Å². The third-order valence-corrected chi connectivity index (χ3v) is 2.59. The molecule has 1 aliphatic rings. The maximum Gasteiger partial charge on any atom is 0.283 e. The molecule has 0 spiro atoms. The highest BCUT2D eigenvalue weighted by Gasteiger charge is 2.37. The van der Waals surface area contributed by atoms with Crippen molar-refractivity contribution in [2.75, 3.05) is 13.7 Å². The zero-order valence-electron chi connectivity index (χ0n) is 9.16. The average Bonchev–Trinajstić information content (AvgIpc) is 2.59. The lowest BCUT2D eigenvalue weighted by Gasteiger charge is -2.21. The molecule has 1 heterocycles. The first-order chi connectivity index (χ1) is 7.57. The number of rotatable bonds is 2. The Kier molecular flexibility index (Phi) is 2.46. The summed E-state index contributed by atoms with van der Waals surface area (Å²) < 4.78 is 24.0. The van der Waals surface area contributed by atoms with Crippen molar-refractivity contribution in [1.29, 1.82) is 0 Å². The molecule has 1 atom stereocenters. The molecule has 4 nitrogen and oxygen atoms in total. The minimum atomic E-state index is -0.819. The van der Waals surface area contributed by atoms with E-state index >= 15 is 0 Å². The highest BCUT2D eigenvalue weighted by molar-refractivity contribution is 5.74. The first-order valence-electron chi connectivity index (χ1n) is 4.88. The molecule has 2 N–H and O–H groups in total. The van der Waals surface area contributed by atoms with Gasteiger partial charge in [0.1, 0.15) is 23.7 Å². The monoisotopic (exact) mass is 224 g/mol. The predicted molar refractivity (Wildman–Crippen MR) is 57.9 cm³/mol. The smallest absolute Gasteiger partial charge is 0.283 e. The van der Waals surface area contributed by atoms with E-state index in [1.807, 2.05) is 0 Å². The summed E-state index contributed by atoms with van der Waals surface area (Å²) in [5.74, 6) is 0.0773. The summed E-state index contributed by atoms with van der Waals surface area (Å²) in [5.41, 5.74) is 5.01. The Bertz CT molecular complexity index is 448. The molecule has 1 aliphatic heterocycles. The molecule has 1 unspecified atom stereocenters. The predicted octanol–water partition coefficient (Wildman–Crippen LogP) is 1.39. The van der Waals surface area contributed by atoms with Gasteiger partial charge >= 0.3 is 0 Å². The lowest BCUT2D eigenvalue weighted by Crippen LogP contribution is -2.23. The summed E-state index contributed by atoms with van der Waals surface area (Å²) in [6, 6.07) is 4.72. The molecule has 0 radical (unpaired) electrons. The topological polar surface area (TPSA) is 56.8 Å². The second-order valence-corrected chi connectivity index (χ2v) is 3.83. The van der Waals surface area contributed by atoms with Crippen LogP contribution >= 0.6 is 0 Å². The van der Waals surface area contributed by atoms with Crippen LogP contribution in [0.2, 0.25) is 0 Å². The molecular weight excluding hydrogens is 211 g/mol. The molecule has 2 rings (SSSR count). The van der Waals surface area contributed by atoms with Crippen LogP contribution in [0.15, 0.2) is 23.2 Å². The molecule has 0 aliphatic carbocycles. The zero-order chi connectivity index (χ0) is 11.8. The van der Waals surface area contributed by atoms with Crippen LogP contribution in [-0.2, 0) is 10.3 Å². The summed E-state index contributed by atoms with van der Waals surface area (Å²) in [7, 11) is 1.49. The van der Waals surface area contributed by atoms with E-state index in [0.717, 1.165) is 0 Å². The third kappa shape index (κ3) is 1.58. The van der Waals surface area contributed by atoms with Gasteiger partial charge in [-0.15, -0.1) is 0 Å². The van der Waals surface area contributed by atoms with Crippen LogP contribution in [0, 0.1) is 5.82 Å². The van der Waals surface area contributed by atoms with Gasteiger partial charge in [0.25, 0.3) is 6.02 Å². The van der Waals surface area contributed by atoms with Crippen LogP contribution in [0.1, 0.15) is 12.5 Å². The number of amidine groups is 1. The van der Waals surface area contributed by atoms with E-state index in [1.54, 1.807) is 19.1 Å². The van der Waals surface area contributed by atoms with E-state index in [4.69, 9.17) is 15.2 Å². The Morgan fingerprint density at radius 3 is 2.88 bits per heavy atom. The zero-order valence-corrected chi connectivity index (χ0v) is 9.16. The summed E-state index contributed by atoms with van der Waals surface area (Å²) in [5, 5.41) is 0. The van der Waals surface area contributed by atoms with Crippen molar-refractivity contribution in [2.45, 2.75) is 12.5 Å². The fourth-order valence-electron chi connectivity index (χ4n) is 1.85. The van der Waals surface area contributed by atoms with Gasteiger partial charge in [0.05, 0.1) is 12.7 Å². The molecular formula is C11H13FN2O2. The van der Waals surface area contributed by atoms with Gasteiger partial charge in [-0.25, -0.2) is 9.38 Å². The molecule has 16 heavy (non-hydrogen) atoms. The standard InChI is InChI=1S/C11H13FN2O2/c1-11(6-16-10(13)14-11)9-7(12)4-3-5-8(9)15-2/h3-5H,6H2,1-2H3,(H2,13,14). The van der Waals surface area contributed by atoms with Crippen molar-refractivity contribution in [3.63, 3.8) is 0 Å². The fourth-order valence-corrected chi connectivity index (χ4v) is 1.85. The summed E-state index contributed by atoms with van der Waals surface area (Å²) in [4.78, 5) is 4.11. The van der Waals surface area contributed by atoms with E-state index in [0.29, 0.717) is 11.3 Å². The fraction of sp³-hybridized carbons (Fsp3) is 0.364. The number of hydrogen-bond donors (Lipinski definition) is 1. The largest absolute Gasteiger partial charge is 0.496 e. The molecule has 1 aromatic rings. The molecule has 5 heteroatoms. The minimum absolute atomic E-state index is 0.0767. The van der Waals surface area contributed by atoms with Gasteiger partial charge < -0.3 is 15.2 Å². The van der Waals surface area contributed by atoms with Crippen LogP contribution < -0.4 is 10.5 Å². The summed E-state index contributed by atoms with van der Waals surface area (Å²) in [6.07, 6.45) is 0. The van der Waals surface area contributed by atoms with Crippen molar-refractivity contribution in [3.8, 4) is 5.75 Å². The number of halogens is 1. The molecule has 0 saturated heterocycles. The molecule has 0 bridgehead atoms. The second-order valence-electron chi connectivity index (χ2n) is 3.83. The molecule has 0 fully saturated rings. The van der Waals surface area contributed by atoms with Crippen LogP contribution in [-0.4, -0.2) is 19.7 Å². The summed E-state index contributed by atoms with van der Waals surface area (Å²) in [6.45, 7) is 1.98. The van der Waals surface area contributed by atoms with E-state index in [2.05, 4.69) is 4.99 Å². The quantitative estimate of drug-likeness (QED) is 0.826. The Hall–Kier alpha value is -1.78. The van der Waals surface area contributed by atoms with Crippen molar-refractivity contribution in [2.24, 2.45) is 10.7 Å². The minimum Gasteiger partial charge on any atom is -0.496 e. The lowest BCUT2D eigenvalue weighted by molar-refractivity contribution is 0.256. The number of methoxy groups -OCH3 is 1. The van der Waals surface area contributed by atoms with Crippen molar-refractivity contribution in [1.82, 2.24) is 0 Å². The highest BCUT2D eigenvalue weighted by Crippen LogP contribution is 2.37. The van der Waals surface area contributed by atoms with E-state index in [9.17, 15) is 4.39 Å². The van der Waals surface area contributed by atoms with Gasteiger partial charge in [-0.1, -0.05) is 6.07 Å². The van der Waals surface area contributed by atoms with Crippen LogP contribution in [0.5, 0.6) is 5.75 Å². The molecule has 0 saturated carbocycles. The average molecular weight is 224 g/mol. The number of benzene rings is 1. The third-order valence-electron chi connectivity index (χ3n) is 2.59. The normalized spacial score (nSPS) is 23.8. The number of hydrogen-bond acceptors (Lipinski definition) is 4. The van der Waals surface area contributed by atoms with Gasteiger partial charge in [-0.3, -0.25) is 0 Å². The van der Waals surface area contributed by atoms with Crippen molar-refractivity contribution < 1.29 is 13.9 Å². The Balaban J connectivity index is 2.55. The van der Waals surface area contributed by atoms with E-state index < -0.39 is 5.54 Å². The van der Waals surface area contributed by atoms with Crippen molar-refractivity contribution in [3.05, 3.63) is 29.6 Å². The molecule has 86 valence electrons. The number of ether oxygens (including phenoxy) is 2. The first-order valence-corrected chi connectivity index (χ1v) is 4.88. The van der Waals surface area contributed by atoms with Crippen LogP contribution in [0.25, 0.3) is 0 Å². The van der Waals surface area contributed by atoms with Gasteiger partial charge in [0, 0.05) is 0 Å². The maximum absolute atomic E-state index is 13.8. The molecule has 0 aromatic heterocycles. The maximum atomic E-state index is 13.8. The molecule has 1 aromatic carbocycles. The van der Waals surface area contributed by atoms with Crippen molar-refractivity contribution >= 4 is 6.02 Å². The van der Waals surface area contributed by atoms with Crippen LogP contribution in [0.3, 0.4) is 0 Å². The van der Waals surface area contributed by atoms with Gasteiger partial charge in [0.15, 0.2) is 0 Å². The van der Waals surface area contributed by atoms with Crippen LogP contribution in [0.4, 0.5) is 4.39 Å². The lowest BCUT2D eigenvalue weighted by atomic mass is 9.92. The van der Waals surface area contributed by atoms with Gasteiger partial charge in [0.2, 0.25) is 0 Å². The van der Waals surface area contributed by atoms with E-state index in [1.165, 1.54) is 13.2 Å². The number of aliphatic imine (C=N–C) groups is 1.